The van der Waals surface area contributed by atoms with E-state index in [4.69, 9.17) is 9.47 Å². The van der Waals surface area contributed by atoms with Gasteiger partial charge < -0.3 is 19.7 Å². The summed E-state index contributed by atoms with van der Waals surface area (Å²) in [6, 6.07) is 15.3. The molecule has 0 saturated carbocycles. The van der Waals surface area contributed by atoms with Crippen LogP contribution in [0.25, 0.3) is 0 Å². The van der Waals surface area contributed by atoms with Crippen molar-refractivity contribution in [3.05, 3.63) is 83.7 Å². The van der Waals surface area contributed by atoms with Gasteiger partial charge in [-0.05, 0) is 69.2 Å². The van der Waals surface area contributed by atoms with Gasteiger partial charge in [0.2, 0.25) is 11.8 Å². The molecule has 3 aromatic rings. The number of benzene rings is 3. The summed E-state index contributed by atoms with van der Waals surface area (Å²) in [6.45, 7) is 6.48. The number of sulfonamides is 1. The number of ether oxygens (including phenoxy) is 2. The number of halogens is 1. The molecule has 0 aliphatic carbocycles. The first-order valence-electron chi connectivity index (χ1n) is 13.6. The number of hydrogen-bond acceptors (Lipinski definition) is 6. The van der Waals surface area contributed by atoms with Crippen molar-refractivity contribution in [2.24, 2.45) is 0 Å². The van der Waals surface area contributed by atoms with Crippen LogP contribution in [0.2, 0.25) is 0 Å². The molecule has 3 aromatic carbocycles. The molecule has 3 rings (SSSR count). The number of hydrogen-bond donors (Lipinski definition) is 1. The van der Waals surface area contributed by atoms with E-state index in [9.17, 15) is 22.4 Å². The van der Waals surface area contributed by atoms with Crippen molar-refractivity contribution in [1.82, 2.24) is 10.2 Å². The highest BCUT2D eigenvalue weighted by Crippen LogP contribution is 2.36. The normalized spacial score (nSPS) is 12.6. The van der Waals surface area contributed by atoms with E-state index in [1.807, 2.05) is 20.8 Å². The Morgan fingerprint density at radius 3 is 2.17 bits per heavy atom. The first-order chi connectivity index (χ1) is 19.9. The Bertz CT molecular complexity index is 1480. The number of carbonyl (C=O) groups excluding carboxylic acids is 2. The Kier molecular flexibility index (Phi) is 10.9. The number of anilines is 1. The second kappa shape index (κ2) is 14.2. The molecule has 9 nitrogen and oxygen atoms in total. The molecule has 2 amide bonds. The maximum Gasteiger partial charge on any atom is 0.264 e. The fraction of sp³-hybridized carbons (Fsp3) is 0.355. The van der Waals surface area contributed by atoms with Crippen LogP contribution >= 0.6 is 0 Å². The van der Waals surface area contributed by atoms with Gasteiger partial charge in [0.05, 0.1) is 24.8 Å². The van der Waals surface area contributed by atoms with Crippen molar-refractivity contribution in [3.8, 4) is 11.5 Å². The van der Waals surface area contributed by atoms with Crippen molar-refractivity contribution in [2.45, 2.75) is 57.6 Å². The number of aryl methyl sites for hydroxylation is 1. The highest BCUT2D eigenvalue weighted by molar-refractivity contribution is 7.92. The third kappa shape index (κ3) is 7.79. The standard InChI is InChI=1S/C31H38FN3O6S/c1-7-22(3)33-31(37)23(4)34(19-24-10-12-25(32)13-11-24)30(36)20-35(28-18-26(40-5)14-17-29(28)41-6)42(38,39)27-15-8-21(2)9-16-27/h8-18,22-23H,7,19-20H2,1-6H3,(H,33,37)/t22-,23+/m1/s1. The summed E-state index contributed by atoms with van der Waals surface area (Å²) < 4.78 is 53.6. The lowest BCUT2D eigenvalue weighted by molar-refractivity contribution is -0.139. The summed E-state index contributed by atoms with van der Waals surface area (Å²) in [6.07, 6.45) is 0.683. The molecule has 0 fully saturated rings. The number of carbonyl (C=O) groups is 2. The number of methoxy groups -OCH3 is 2. The SMILES string of the molecule is CC[C@@H](C)NC(=O)[C@H](C)N(Cc1ccc(F)cc1)C(=O)CN(c1cc(OC)ccc1OC)S(=O)(=O)c1ccc(C)cc1. The average Bonchev–Trinajstić information content (AvgIpc) is 2.98. The summed E-state index contributed by atoms with van der Waals surface area (Å²) >= 11 is 0. The summed E-state index contributed by atoms with van der Waals surface area (Å²) in [7, 11) is -1.47. The molecule has 1 N–H and O–H groups in total. The molecule has 0 heterocycles. The smallest absolute Gasteiger partial charge is 0.264 e. The molecule has 0 bridgehead atoms. The maximum atomic E-state index is 14.1. The van der Waals surface area contributed by atoms with Gasteiger partial charge in [0.25, 0.3) is 10.0 Å². The van der Waals surface area contributed by atoms with Crippen molar-refractivity contribution >= 4 is 27.5 Å². The average molecular weight is 600 g/mol. The monoisotopic (exact) mass is 599 g/mol. The van der Waals surface area contributed by atoms with E-state index in [1.165, 1.54) is 61.6 Å². The van der Waals surface area contributed by atoms with Gasteiger partial charge in [-0.2, -0.15) is 0 Å². The molecule has 0 saturated heterocycles. The van der Waals surface area contributed by atoms with Crippen molar-refractivity contribution in [2.75, 3.05) is 25.1 Å². The van der Waals surface area contributed by atoms with Gasteiger partial charge in [-0.25, -0.2) is 12.8 Å². The Morgan fingerprint density at radius 2 is 1.60 bits per heavy atom. The minimum Gasteiger partial charge on any atom is -0.497 e. The number of nitrogens with zero attached hydrogens (tertiary/aromatic N) is 2. The summed E-state index contributed by atoms with van der Waals surface area (Å²) in [5.74, 6) is -0.933. The Balaban J connectivity index is 2.11. The molecule has 0 radical (unpaired) electrons. The quantitative estimate of drug-likeness (QED) is 0.306. The molecular formula is C31H38FN3O6S. The number of nitrogens with one attached hydrogen (secondary N) is 1. The largest absolute Gasteiger partial charge is 0.497 e. The first-order valence-corrected chi connectivity index (χ1v) is 15.0. The van der Waals surface area contributed by atoms with Crippen LogP contribution in [-0.4, -0.2) is 58.0 Å². The van der Waals surface area contributed by atoms with E-state index in [0.717, 1.165) is 9.87 Å². The Hall–Kier alpha value is -4.12. The summed E-state index contributed by atoms with van der Waals surface area (Å²) in [5.41, 5.74) is 1.52. The zero-order valence-electron chi connectivity index (χ0n) is 24.8. The highest BCUT2D eigenvalue weighted by Gasteiger charge is 2.34. The molecule has 0 aromatic heterocycles. The van der Waals surface area contributed by atoms with Crippen LogP contribution in [0.4, 0.5) is 10.1 Å². The van der Waals surface area contributed by atoms with Gasteiger partial charge >= 0.3 is 0 Å². The lowest BCUT2D eigenvalue weighted by Crippen LogP contribution is -2.52. The number of amides is 2. The van der Waals surface area contributed by atoms with Crippen LogP contribution in [0.5, 0.6) is 11.5 Å². The van der Waals surface area contributed by atoms with Crippen LogP contribution in [0.1, 0.15) is 38.3 Å². The van der Waals surface area contributed by atoms with E-state index >= 15 is 0 Å². The van der Waals surface area contributed by atoms with Gasteiger partial charge in [0.1, 0.15) is 29.9 Å². The number of rotatable bonds is 13. The van der Waals surface area contributed by atoms with Crippen LogP contribution in [0, 0.1) is 12.7 Å². The zero-order chi connectivity index (χ0) is 31.0. The molecule has 2 atom stereocenters. The Morgan fingerprint density at radius 1 is 0.952 bits per heavy atom. The van der Waals surface area contributed by atoms with Crippen molar-refractivity contribution in [1.29, 1.82) is 0 Å². The molecule has 0 unspecified atom stereocenters. The van der Waals surface area contributed by atoms with Gasteiger partial charge in [0, 0.05) is 18.7 Å². The molecule has 0 spiro atoms. The zero-order valence-corrected chi connectivity index (χ0v) is 25.6. The third-order valence-corrected chi connectivity index (χ3v) is 8.75. The predicted molar refractivity (Wildman–Crippen MR) is 160 cm³/mol. The van der Waals surface area contributed by atoms with E-state index < -0.39 is 40.2 Å². The topological polar surface area (TPSA) is 105 Å². The van der Waals surface area contributed by atoms with Crippen molar-refractivity contribution < 1.29 is 31.9 Å². The molecule has 11 heteroatoms. The summed E-state index contributed by atoms with van der Waals surface area (Å²) in [4.78, 5) is 28.5. The third-order valence-electron chi connectivity index (χ3n) is 6.98. The lowest BCUT2D eigenvalue weighted by Gasteiger charge is -2.33. The molecule has 0 aliphatic rings. The van der Waals surface area contributed by atoms with Gasteiger partial charge in [-0.3, -0.25) is 13.9 Å². The van der Waals surface area contributed by atoms with Crippen LogP contribution < -0.4 is 19.1 Å². The second-order valence-electron chi connectivity index (χ2n) is 10.0. The maximum absolute atomic E-state index is 14.1. The van der Waals surface area contributed by atoms with Crippen LogP contribution in [0.3, 0.4) is 0 Å². The van der Waals surface area contributed by atoms with E-state index in [2.05, 4.69) is 5.32 Å². The van der Waals surface area contributed by atoms with E-state index in [0.29, 0.717) is 17.7 Å². The van der Waals surface area contributed by atoms with E-state index in [1.54, 1.807) is 31.2 Å². The van der Waals surface area contributed by atoms with Gasteiger partial charge in [-0.1, -0.05) is 36.8 Å². The minimum atomic E-state index is -4.30. The highest BCUT2D eigenvalue weighted by atomic mass is 32.2. The molecule has 226 valence electrons. The van der Waals surface area contributed by atoms with Crippen LogP contribution in [-0.2, 0) is 26.2 Å². The second-order valence-corrected chi connectivity index (χ2v) is 11.9. The minimum absolute atomic E-state index is 0.0292. The predicted octanol–water partition coefficient (Wildman–Crippen LogP) is 4.68. The fourth-order valence-electron chi connectivity index (χ4n) is 4.18. The van der Waals surface area contributed by atoms with Crippen LogP contribution in [0.15, 0.2) is 71.6 Å². The summed E-state index contributed by atoms with van der Waals surface area (Å²) in [5, 5.41) is 2.88. The Labute approximate surface area is 247 Å². The molecule has 0 aliphatic heterocycles. The van der Waals surface area contributed by atoms with E-state index in [-0.39, 0.29) is 28.9 Å². The lowest BCUT2D eigenvalue weighted by atomic mass is 10.1. The molecular weight excluding hydrogens is 561 g/mol. The van der Waals surface area contributed by atoms with Gasteiger partial charge in [0.15, 0.2) is 0 Å². The fourth-order valence-corrected chi connectivity index (χ4v) is 5.59. The molecule has 42 heavy (non-hydrogen) atoms. The first kappa shape index (κ1) is 32.4. The van der Waals surface area contributed by atoms with Gasteiger partial charge in [-0.15, -0.1) is 0 Å². The van der Waals surface area contributed by atoms with Crippen molar-refractivity contribution in [3.63, 3.8) is 0 Å².